The Balaban J connectivity index is 1.30. The Morgan fingerprint density at radius 1 is 1.02 bits per heavy atom. The number of rotatable bonds is 10. The van der Waals surface area contributed by atoms with E-state index in [9.17, 15) is 4.39 Å². The standard InChI is InChI=1S/C34H45BFN3O4/c1-6-29(25-10-13-28(14-11-25)40-18-16-38-22-24(20-36)23-38)32(35-42-33(2,3)34(4,5)43-35)26-12-15-30-27(19-26)21-37-39(30)31-9-7-8-17-41-31/h10-15,19,21,24,31H,6-9,16-18,20,22-23H2,1-5H3/b32-29-. The lowest BCUT2D eigenvalue weighted by atomic mass is 9.69. The summed E-state index contributed by atoms with van der Waals surface area (Å²) in [6, 6.07) is 14.8. The number of allylic oxidation sites excluding steroid dienone is 1. The van der Waals surface area contributed by atoms with Crippen molar-refractivity contribution >= 4 is 29.1 Å². The number of hydrogen-bond donors (Lipinski definition) is 0. The van der Waals surface area contributed by atoms with Gasteiger partial charge in [0.1, 0.15) is 12.4 Å². The van der Waals surface area contributed by atoms with E-state index in [0.29, 0.717) is 6.61 Å². The van der Waals surface area contributed by atoms with Crippen molar-refractivity contribution in [3.05, 3.63) is 59.8 Å². The largest absolute Gasteiger partial charge is 0.495 e. The minimum Gasteiger partial charge on any atom is -0.492 e. The molecule has 0 radical (unpaired) electrons. The lowest BCUT2D eigenvalue weighted by molar-refractivity contribution is -0.0366. The van der Waals surface area contributed by atoms with Gasteiger partial charge in [0, 0.05) is 37.5 Å². The Morgan fingerprint density at radius 2 is 1.74 bits per heavy atom. The summed E-state index contributed by atoms with van der Waals surface area (Å²) in [5.41, 5.74) is 4.53. The zero-order valence-corrected chi connectivity index (χ0v) is 26.3. The van der Waals surface area contributed by atoms with Gasteiger partial charge in [-0.3, -0.25) is 9.29 Å². The molecule has 1 aromatic heterocycles. The second-order valence-electron chi connectivity index (χ2n) is 13.2. The molecule has 6 rings (SSSR count). The number of aromatic nitrogens is 2. The van der Waals surface area contributed by atoms with Crippen molar-refractivity contribution in [1.29, 1.82) is 0 Å². The summed E-state index contributed by atoms with van der Waals surface area (Å²) in [6.07, 6.45) is 5.97. The van der Waals surface area contributed by atoms with Crippen LogP contribution >= 0.6 is 0 Å². The van der Waals surface area contributed by atoms with Gasteiger partial charge in [-0.15, -0.1) is 0 Å². The third-order valence-corrected chi connectivity index (χ3v) is 9.63. The quantitative estimate of drug-likeness (QED) is 0.188. The Morgan fingerprint density at radius 3 is 2.40 bits per heavy atom. The van der Waals surface area contributed by atoms with Crippen molar-refractivity contribution in [2.75, 3.05) is 39.5 Å². The van der Waals surface area contributed by atoms with E-state index in [1.807, 2.05) is 23.0 Å². The number of halogens is 1. The SMILES string of the molecule is CC/C(=C(/B1OC(C)(C)C(C)(C)O1)c1ccc2c(cnn2C2CCCCO2)c1)c1ccc(OCCN2CC(CF)C2)cc1. The molecule has 3 fully saturated rings. The molecule has 0 bridgehead atoms. The lowest BCUT2D eigenvalue weighted by Crippen LogP contribution is -2.49. The fourth-order valence-corrected chi connectivity index (χ4v) is 6.33. The summed E-state index contributed by atoms with van der Waals surface area (Å²) in [4.78, 5) is 2.23. The molecule has 2 aromatic carbocycles. The van der Waals surface area contributed by atoms with Crippen molar-refractivity contribution in [2.24, 2.45) is 5.92 Å². The summed E-state index contributed by atoms with van der Waals surface area (Å²) in [6.45, 7) is 14.2. The molecule has 0 N–H and O–H groups in total. The molecule has 3 aromatic rings. The number of ether oxygens (including phenoxy) is 2. The topological polar surface area (TPSA) is 58.0 Å². The van der Waals surface area contributed by atoms with Crippen LogP contribution in [0.3, 0.4) is 0 Å². The van der Waals surface area contributed by atoms with Gasteiger partial charge in [-0.2, -0.15) is 5.10 Å². The van der Waals surface area contributed by atoms with Crippen molar-refractivity contribution in [3.63, 3.8) is 0 Å². The predicted molar refractivity (Wildman–Crippen MR) is 170 cm³/mol. The average Bonchev–Trinajstić information content (AvgIpc) is 3.49. The molecule has 43 heavy (non-hydrogen) atoms. The first-order valence-electron chi connectivity index (χ1n) is 15.9. The van der Waals surface area contributed by atoms with Crippen LogP contribution in [0.15, 0.2) is 48.7 Å². The maximum atomic E-state index is 12.7. The highest BCUT2D eigenvalue weighted by atomic mass is 19.1. The fourth-order valence-electron chi connectivity index (χ4n) is 6.33. The van der Waals surface area contributed by atoms with E-state index >= 15 is 0 Å². The molecule has 3 saturated heterocycles. The van der Waals surface area contributed by atoms with Gasteiger partial charge in [-0.25, -0.2) is 4.68 Å². The first kappa shape index (κ1) is 30.3. The Kier molecular flexibility index (Phi) is 8.71. The highest BCUT2D eigenvalue weighted by Crippen LogP contribution is 2.44. The van der Waals surface area contributed by atoms with Crippen LogP contribution in [0.2, 0.25) is 0 Å². The van der Waals surface area contributed by atoms with E-state index in [1.54, 1.807) is 0 Å². The molecule has 1 atom stereocenters. The number of hydrogen-bond acceptors (Lipinski definition) is 6. The van der Waals surface area contributed by atoms with Crippen LogP contribution in [0.1, 0.15) is 77.7 Å². The molecule has 7 nitrogen and oxygen atoms in total. The van der Waals surface area contributed by atoms with Gasteiger partial charge in [0.05, 0.1) is 29.6 Å². The minimum absolute atomic E-state index is 0.0138. The van der Waals surface area contributed by atoms with Gasteiger partial charge in [0.2, 0.25) is 0 Å². The van der Waals surface area contributed by atoms with E-state index in [1.165, 1.54) is 5.57 Å². The van der Waals surface area contributed by atoms with E-state index in [0.717, 1.165) is 85.2 Å². The summed E-state index contributed by atoms with van der Waals surface area (Å²) in [5, 5.41) is 5.80. The zero-order valence-electron chi connectivity index (χ0n) is 26.3. The molecule has 230 valence electrons. The third kappa shape index (κ3) is 6.14. The van der Waals surface area contributed by atoms with Crippen LogP contribution in [0.4, 0.5) is 4.39 Å². The third-order valence-electron chi connectivity index (χ3n) is 9.63. The molecule has 0 spiro atoms. The maximum absolute atomic E-state index is 12.7. The lowest BCUT2D eigenvalue weighted by Gasteiger charge is -2.37. The molecule has 3 aliphatic rings. The van der Waals surface area contributed by atoms with Crippen molar-refractivity contribution in [1.82, 2.24) is 14.7 Å². The second-order valence-corrected chi connectivity index (χ2v) is 13.2. The summed E-state index contributed by atoms with van der Waals surface area (Å²) >= 11 is 0. The van der Waals surface area contributed by atoms with E-state index in [4.69, 9.17) is 23.9 Å². The Hall–Kier alpha value is -2.72. The van der Waals surface area contributed by atoms with Gasteiger partial charge < -0.3 is 18.8 Å². The number of alkyl halides is 1. The molecular weight excluding hydrogens is 544 g/mol. The summed E-state index contributed by atoms with van der Waals surface area (Å²) in [5.74, 6) is 1.03. The monoisotopic (exact) mass is 589 g/mol. The zero-order chi connectivity index (χ0) is 30.2. The van der Waals surface area contributed by atoms with Crippen LogP contribution in [-0.4, -0.2) is 72.5 Å². The van der Waals surface area contributed by atoms with E-state index < -0.39 is 18.3 Å². The van der Waals surface area contributed by atoms with Gasteiger partial charge in [0.25, 0.3) is 0 Å². The smallest absolute Gasteiger partial charge is 0.492 e. The minimum atomic E-state index is -0.519. The van der Waals surface area contributed by atoms with Crippen LogP contribution in [-0.2, 0) is 14.0 Å². The average molecular weight is 590 g/mol. The van der Waals surface area contributed by atoms with Gasteiger partial charge in [0.15, 0.2) is 6.23 Å². The highest BCUT2D eigenvalue weighted by molar-refractivity contribution is 6.71. The van der Waals surface area contributed by atoms with Crippen molar-refractivity contribution in [2.45, 2.75) is 77.7 Å². The van der Waals surface area contributed by atoms with Crippen LogP contribution in [0.5, 0.6) is 5.75 Å². The van der Waals surface area contributed by atoms with Gasteiger partial charge >= 0.3 is 7.12 Å². The van der Waals surface area contributed by atoms with E-state index in [2.05, 4.69) is 69.9 Å². The molecular formula is C34H45BFN3O4. The molecule has 1 unspecified atom stereocenters. The first-order chi connectivity index (χ1) is 20.7. The fraction of sp³-hybridized carbons (Fsp3) is 0.559. The molecule has 3 aliphatic heterocycles. The maximum Gasteiger partial charge on any atom is 0.495 e. The second kappa shape index (κ2) is 12.3. The highest BCUT2D eigenvalue weighted by Gasteiger charge is 2.53. The molecule has 4 heterocycles. The number of likely N-dealkylation sites (tertiary alicyclic amines) is 1. The molecule has 0 amide bonds. The number of fused-ring (bicyclic) bond motifs is 1. The van der Waals surface area contributed by atoms with Crippen LogP contribution < -0.4 is 4.74 Å². The Bertz CT molecular complexity index is 1430. The number of benzene rings is 2. The van der Waals surface area contributed by atoms with E-state index in [-0.39, 0.29) is 18.8 Å². The molecule has 0 saturated carbocycles. The van der Waals surface area contributed by atoms with Crippen LogP contribution in [0, 0.1) is 5.92 Å². The van der Waals surface area contributed by atoms with Crippen molar-refractivity contribution in [3.8, 4) is 5.75 Å². The Labute approximate surface area is 255 Å². The predicted octanol–water partition coefficient (Wildman–Crippen LogP) is 6.97. The van der Waals surface area contributed by atoms with Gasteiger partial charge in [-0.05, 0) is 99.8 Å². The van der Waals surface area contributed by atoms with Crippen LogP contribution in [0.25, 0.3) is 21.9 Å². The first-order valence-corrected chi connectivity index (χ1v) is 15.9. The van der Waals surface area contributed by atoms with Gasteiger partial charge in [-0.1, -0.05) is 25.1 Å². The molecule has 9 heteroatoms. The molecule has 0 aliphatic carbocycles. The van der Waals surface area contributed by atoms with Crippen molar-refractivity contribution < 1.29 is 23.2 Å². The number of nitrogens with zero attached hydrogens (tertiary/aromatic N) is 3. The summed E-state index contributed by atoms with van der Waals surface area (Å²) in [7, 11) is -0.519. The summed E-state index contributed by atoms with van der Waals surface area (Å²) < 4.78 is 40.1. The normalized spacial score (nSPS) is 22.9.